The normalized spacial score (nSPS) is 12.6. The molecule has 0 aliphatic carbocycles. The van der Waals surface area contributed by atoms with Gasteiger partial charge in [-0.05, 0) is 39.0 Å². The van der Waals surface area contributed by atoms with Crippen LogP contribution in [0.1, 0.15) is 52.9 Å². The van der Waals surface area contributed by atoms with Crippen LogP contribution >= 0.6 is 15.9 Å². The number of halogens is 1. The lowest BCUT2D eigenvalue weighted by Gasteiger charge is -2.08. The zero-order valence-electron chi connectivity index (χ0n) is 9.28. The summed E-state index contributed by atoms with van der Waals surface area (Å²) in [4.78, 5) is 0. The van der Waals surface area contributed by atoms with Gasteiger partial charge in [0.2, 0.25) is 0 Å². The minimum absolute atomic E-state index is 0.898. The van der Waals surface area contributed by atoms with E-state index in [2.05, 4.69) is 42.8 Å². The molecule has 0 fully saturated rings. The molecule has 0 aromatic heterocycles. The number of unbranched alkanes of at least 4 members (excludes halogenated alkanes) is 1. The van der Waals surface area contributed by atoms with E-state index in [0.717, 1.165) is 11.2 Å². The van der Waals surface area contributed by atoms with E-state index in [1.165, 1.54) is 37.7 Å². The summed E-state index contributed by atoms with van der Waals surface area (Å²) in [6.07, 6.45) is 9.06. The van der Waals surface area contributed by atoms with Gasteiger partial charge in [-0.2, -0.15) is 0 Å². The number of alkyl halides is 1. The first-order chi connectivity index (χ1) is 6.16. The van der Waals surface area contributed by atoms with Crippen molar-refractivity contribution in [2.24, 2.45) is 5.92 Å². The third-order valence-electron chi connectivity index (χ3n) is 2.29. The van der Waals surface area contributed by atoms with Crippen LogP contribution in [0.3, 0.4) is 0 Å². The van der Waals surface area contributed by atoms with Gasteiger partial charge in [0.1, 0.15) is 0 Å². The van der Waals surface area contributed by atoms with Crippen molar-refractivity contribution in [2.75, 3.05) is 5.33 Å². The van der Waals surface area contributed by atoms with Crippen molar-refractivity contribution in [3.63, 3.8) is 0 Å². The predicted molar refractivity (Wildman–Crippen MR) is 65.5 cm³/mol. The smallest absolute Gasteiger partial charge is 0.00313 e. The number of allylic oxidation sites excluding steroid dienone is 2. The van der Waals surface area contributed by atoms with Crippen LogP contribution in [-0.4, -0.2) is 5.33 Å². The van der Waals surface area contributed by atoms with Crippen molar-refractivity contribution in [3.8, 4) is 0 Å². The molecule has 0 aromatic carbocycles. The van der Waals surface area contributed by atoms with Gasteiger partial charge >= 0.3 is 0 Å². The maximum Gasteiger partial charge on any atom is 0.00313 e. The average molecular weight is 247 g/mol. The molecule has 0 aliphatic heterocycles. The Hall–Kier alpha value is 0.220. The summed E-state index contributed by atoms with van der Waals surface area (Å²) in [5.74, 6) is 0.898. The van der Waals surface area contributed by atoms with E-state index < -0.39 is 0 Å². The molecule has 0 saturated carbocycles. The van der Waals surface area contributed by atoms with E-state index >= 15 is 0 Å². The second-order valence-corrected chi connectivity index (χ2v) is 4.94. The minimum Gasteiger partial charge on any atom is -0.0928 e. The molecule has 0 amide bonds. The Morgan fingerprint density at radius 2 is 1.92 bits per heavy atom. The third-order valence-corrected chi connectivity index (χ3v) is 2.85. The molecule has 0 bridgehead atoms. The molecule has 0 aliphatic rings. The second-order valence-electron chi connectivity index (χ2n) is 4.15. The zero-order chi connectivity index (χ0) is 10.1. The minimum atomic E-state index is 0.898. The molecule has 78 valence electrons. The molecule has 1 unspecified atom stereocenters. The largest absolute Gasteiger partial charge is 0.0928 e. The van der Waals surface area contributed by atoms with Crippen molar-refractivity contribution >= 4 is 15.9 Å². The highest BCUT2D eigenvalue weighted by Crippen LogP contribution is 2.15. The Kier molecular flexibility index (Phi) is 8.95. The topological polar surface area (TPSA) is 0 Å². The number of rotatable bonds is 7. The first-order valence-corrected chi connectivity index (χ1v) is 6.48. The Morgan fingerprint density at radius 1 is 1.23 bits per heavy atom. The molecular formula is C12H23Br. The van der Waals surface area contributed by atoms with Gasteiger partial charge in [0.25, 0.3) is 0 Å². The molecule has 1 atom stereocenters. The Bertz CT molecular complexity index is 134. The SMILES string of the molecule is CC(C)=CCCC(C)CCCCBr. The van der Waals surface area contributed by atoms with Crippen molar-refractivity contribution in [2.45, 2.75) is 52.9 Å². The summed E-state index contributed by atoms with van der Waals surface area (Å²) < 4.78 is 0. The summed E-state index contributed by atoms with van der Waals surface area (Å²) in [7, 11) is 0. The van der Waals surface area contributed by atoms with Crippen LogP contribution in [0, 0.1) is 5.92 Å². The van der Waals surface area contributed by atoms with E-state index in [1.807, 2.05) is 0 Å². The molecule has 0 spiro atoms. The van der Waals surface area contributed by atoms with Gasteiger partial charge in [-0.25, -0.2) is 0 Å². The zero-order valence-corrected chi connectivity index (χ0v) is 10.9. The summed E-state index contributed by atoms with van der Waals surface area (Å²) in [6, 6.07) is 0. The average Bonchev–Trinajstić information content (AvgIpc) is 2.04. The predicted octanol–water partition coefficient (Wildman–Crippen LogP) is 4.93. The van der Waals surface area contributed by atoms with Gasteiger partial charge in [-0.15, -0.1) is 0 Å². The maximum atomic E-state index is 3.46. The maximum absolute atomic E-state index is 3.46. The summed E-state index contributed by atoms with van der Waals surface area (Å²) in [6.45, 7) is 6.72. The van der Waals surface area contributed by atoms with Gasteiger partial charge in [-0.1, -0.05) is 47.3 Å². The fraction of sp³-hybridized carbons (Fsp3) is 0.833. The van der Waals surface area contributed by atoms with Gasteiger partial charge < -0.3 is 0 Å². The van der Waals surface area contributed by atoms with Gasteiger partial charge in [-0.3, -0.25) is 0 Å². The third kappa shape index (κ3) is 10.1. The standard InChI is InChI=1S/C12H23Br/c1-11(2)7-6-9-12(3)8-4-5-10-13/h7,12H,4-6,8-10H2,1-3H3. The van der Waals surface area contributed by atoms with Crippen LogP contribution in [0.25, 0.3) is 0 Å². The fourth-order valence-corrected chi connectivity index (χ4v) is 1.78. The molecule has 0 N–H and O–H groups in total. The van der Waals surface area contributed by atoms with E-state index in [-0.39, 0.29) is 0 Å². The lowest BCUT2D eigenvalue weighted by atomic mass is 9.98. The van der Waals surface area contributed by atoms with Gasteiger partial charge in [0.15, 0.2) is 0 Å². The van der Waals surface area contributed by atoms with Gasteiger partial charge in [0.05, 0.1) is 0 Å². The van der Waals surface area contributed by atoms with E-state index in [0.29, 0.717) is 0 Å². The lowest BCUT2D eigenvalue weighted by Crippen LogP contribution is -1.94. The van der Waals surface area contributed by atoms with Crippen LogP contribution in [0.15, 0.2) is 11.6 Å². The highest BCUT2D eigenvalue weighted by Gasteiger charge is 1.99. The monoisotopic (exact) mass is 246 g/mol. The second kappa shape index (κ2) is 8.80. The molecule has 0 radical (unpaired) electrons. The summed E-state index contributed by atoms with van der Waals surface area (Å²) >= 11 is 3.46. The van der Waals surface area contributed by atoms with E-state index in [9.17, 15) is 0 Å². The van der Waals surface area contributed by atoms with Crippen molar-refractivity contribution < 1.29 is 0 Å². The van der Waals surface area contributed by atoms with Crippen molar-refractivity contribution in [1.82, 2.24) is 0 Å². The summed E-state index contributed by atoms with van der Waals surface area (Å²) in [5.41, 5.74) is 1.45. The lowest BCUT2D eigenvalue weighted by molar-refractivity contribution is 0.476. The molecule has 0 heterocycles. The molecule has 0 nitrogen and oxygen atoms in total. The van der Waals surface area contributed by atoms with Crippen LogP contribution in [0.4, 0.5) is 0 Å². The Morgan fingerprint density at radius 3 is 2.46 bits per heavy atom. The number of hydrogen-bond acceptors (Lipinski definition) is 0. The first-order valence-electron chi connectivity index (χ1n) is 5.36. The quantitative estimate of drug-likeness (QED) is 0.340. The van der Waals surface area contributed by atoms with Crippen LogP contribution in [0.2, 0.25) is 0 Å². The highest BCUT2D eigenvalue weighted by molar-refractivity contribution is 9.09. The summed E-state index contributed by atoms with van der Waals surface area (Å²) in [5, 5.41) is 1.16. The molecule has 0 rings (SSSR count). The van der Waals surface area contributed by atoms with Crippen LogP contribution < -0.4 is 0 Å². The Labute approximate surface area is 91.9 Å². The fourth-order valence-electron chi connectivity index (χ4n) is 1.39. The van der Waals surface area contributed by atoms with E-state index in [1.54, 1.807) is 0 Å². The first kappa shape index (κ1) is 13.2. The molecule has 0 saturated heterocycles. The Balaban J connectivity index is 3.30. The van der Waals surface area contributed by atoms with Crippen molar-refractivity contribution in [1.29, 1.82) is 0 Å². The van der Waals surface area contributed by atoms with Crippen LogP contribution in [-0.2, 0) is 0 Å². The molecular weight excluding hydrogens is 224 g/mol. The van der Waals surface area contributed by atoms with E-state index in [4.69, 9.17) is 0 Å². The van der Waals surface area contributed by atoms with Crippen LogP contribution in [0.5, 0.6) is 0 Å². The van der Waals surface area contributed by atoms with Crippen molar-refractivity contribution in [3.05, 3.63) is 11.6 Å². The highest BCUT2D eigenvalue weighted by atomic mass is 79.9. The van der Waals surface area contributed by atoms with Gasteiger partial charge in [0, 0.05) is 5.33 Å². The molecule has 13 heavy (non-hydrogen) atoms. The molecule has 1 heteroatoms. The number of hydrogen-bond donors (Lipinski definition) is 0. The molecule has 0 aromatic rings.